The molecule has 1 aromatic heterocycles. The van der Waals surface area contributed by atoms with Crippen LogP contribution in [0.15, 0.2) is 64.4 Å². The van der Waals surface area contributed by atoms with Gasteiger partial charge in [-0.05, 0) is 48.0 Å². The lowest BCUT2D eigenvalue weighted by Crippen LogP contribution is -2.40. The first-order valence-electron chi connectivity index (χ1n) is 11.9. The number of hydrogen-bond donors (Lipinski definition) is 2. The molecule has 1 aliphatic carbocycles. The molecule has 1 aromatic carbocycles. The van der Waals surface area contributed by atoms with Crippen molar-refractivity contribution >= 4 is 15.6 Å². The zero-order chi connectivity index (χ0) is 27.6. The topological polar surface area (TPSA) is 110 Å². The number of benzene rings is 1. The van der Waals surface area contributed by atoms with Gasteiger partial charge in [0.1, 0.15) is 11.4 Å². The Labute approximate surface area is 216 Å². The van der Waals surface area contributed by atoms with Crippen molar-refractivity contribution in [3.05, 3.63) is 86.7 Å². The number of rotatable bonds is 6. The standard InChI is InChI=1S/C27H34FN3O5S/c1-18-10-11-19(9-7-8-13-27(18,28)17-29-37(6,34)35)21-15-20(31-14-12-23(32)30-25(31)33)16-22(24(21)36-5)26(2,3)4/h9-12,14-16,29H,1,7-8,13,17H2,2-6H3,(H,30,32,33)/b11-10-,19-9+/t27-/m0/s1. The maximum absolute atomic E-state index is 15.8. The quantitative estimate of drug-likeness (QED) is 0.590. The Morgan fingerprint density at radius 2 is 1.95 bits per heavy atom. The van der Waals surface area contributed by atoms with E-state index in [4.69, 9.17) is 4.74 Å². The van der Waals surface area contributed by atoms with E-state index >= 15 is 4.39 Å². The van der Waals surface area contributed by atoms with Gasteiger partial charge in [0, 0.05) is 29.9 Å². The molecular weight excluding hydrogens is 497 g/mol. The highest BCUT2D eigenvalue weighted by Crippen LogP contribution is 2.40. The SMILES string of the molecule is C=C1/C=C\C(c2cc(-n3ccc(=O)[nH]c3=O)cc(C(C)(C)C)c2OC)=C/CCC[C@]1(F)CNS(C)(=O)=O. The fraction of sp³-hybridized carbons (Fsp3) is 0.407. The van der Waals surface area contributed by atoms with Crippen LogP contribution in [0.3, 0.4) is 0 Å². The molecule has 0 saturated carbocycles. The summed E-state index contributed by atoms with van der Waals surface area (Å²) in [7, 11) is -2.00. The Morgan fingerprint density at radius 1 is 1.24 bits per heavy atom. The molecule has 1 atom stereocenters. The van der Waals surface area contributed by atoms with Crippen molar-refractivity contribution in [3.8, 4) is 11.4 Å². The fourth-order valence-electron chi connectivity index (χ4n) is 4.22. The van der Waals surface area contributed by atoms with Gasteiger partial charge in [0.15, 0.2) is 0 Å². The summed E-state index contributed by atoms with van der Waals surface area (Å²) in [5.41, 5.74) is -0.412. The number of alkyl halides is 1. The summed E-state index contributed by atoms with van der Waals surface area (Å²) in [6.45, 7) is 9.56. The molecule has 3 rings (SSSR count). The molecule has 200 valence electrons. The van der Waals surface area contributed by atoms with Crippen molar-refractivity contribution < 1.29 is 17.5 Å². The van der Waals surface area contributed by atoms with Gasteiger partial charge in [0.2, 0.25) is 10.0 Å². The minimum Gasteiger partial charge on any atom is -0.496 e. The van der Waals surface area contributed by atoms with E-state index in [0.717, 1.165) is 17.4 Å². The van der Waals surface area contributed by atoms with Crippen LogP contribution < -0.4 is 20.7 Å². The van der Waals surface area contributed by atoms with Crippen molar-refractivity contribution in [2.24, 2.45) is 0 Å². The predicted octanol–water partition coefficient (Wildman–Crippen LogP) is 3.77. The lowest BCUT2D eigenvalue weighted by atomic mass is 9.83. The molecule has 2 N–H and O–H groups in total. The van der Waals surface area contributed by atoms with Gasteiger partial charge in [-0.15, -0.1) is 0 Å². The second-order valence-electron chi connectivity index (χ2n) is 10.3. The van der Waals surface area contributed by atoms with Gasteiger partial charge in [-0.1, -0.05) is 45.6 Å². The number of allylic oxidation sites excluding steroid dienone is 4. The zero-order valence-corrected chi connectivity index (χ0v) is 22.7. The molecule has 37 heavy (non-hydrogen) atoms. The molecule has 10 heteroatoms. The number of nitrogens with one attached hydrogen (secondary N) is 2. The van der Waals surface area contributed by atoms with E-state index in [1.165, 1.54) is 16.8 Å². The van der Waals surface area contributed by atoms with E-state index in [0.29, 0.717) is 29.8 Å². The van der Waals surface area contributed by atoms with Crippen molar-refractivity contribution in [2.75, 3.05) is 19.9 Å². The van der Waals surface area contributed by atoms with Crippen molar-refractivity contribution in [2.45, 2.75) is 51.1 Å². The number of hydrogen-bond acceptors (Lipinski definition) is 5. The summed E-state index contributed by atoms with van der Waals surface area (Å²) in [5, 5.41) is 0. The Kier molecular flexibility index (Phi) is 8.14. The van der Waals surface area contributed by atoms with Crippen LogP contribution in [-0.4, -0.2) is 43.5 Å². The fourth-order valence-corrected chi connectivity index (χ4v) is 4.71. The van der Waals surface area contributed by atoms with Crippen molar-refractivity contribution in [1.29, 1.82) is 0 Å². The average molecular weight is 532 g/mol. The normalized spacial score (nSPS) is 21.4. The number of ether oxygens (including phenoxy) is 1. The smallest absolute Gasteiger partial charge is 0.332 e. The predicted molar refractivity (Wildman–Crippen MR) is 145 cm³/mol. The summed E-state index contributed by atoms with van der Waals surface area (Å²) in [4.78, 5) is 26.5. The molecule has 0 unspecified atom stereocenters. The van der Waals surface area contributed by atoms with Crippen LogP contribution in [0.2, 0.25) is 0 Å². The Hall–Kier alpha value is -3.24. The summed E-state index contributed by atoms with van der Waals surface area (Å²) in [6.07, 6.45) is 8.73. The van der Waals surface area contributed by atoms with Crippen LogP contribution in [0.1, 0.15) is 51.2 Å². The Bertz CT molecular complexity index is 1480. The van der Waals surface area contributed by atoms with Crippen LogP contribution in [0.25, 0.3) is 11.3 Å². The third-order valence-corrected chi connectivity index (χ3v) is 6.96. The summed E-state index contributed by atoms with van der Waals surface area (Å²) >= 11 is 0. The second-order valence-corrected chi connectivity index (χ2v) is 12.1. The average Bonchev–Trinajstić information content (AvgIpc) is 2.86. The van der Waals surface area contributed by atoms with E-state index in [1.54, 1.807) is 25.3 Å². The van der Waals surface area contributed by atoms with Gasteiger partial charge in [-0.2, -0.15) is 0 Å². The van der Waals surface area contributed by atoms with E-state index in [1.807, 2.05) is 32.9 Å². The minimum absolute atomic E-state index is 0.0969. The molecular formula is C27H34FN3O5S. The molecule has 8 nitrogen and oxygen atoms in total. The van der Waals surface area contributed by atoms with Gasteiger partial charge >= 0.3 is 5.69 Å². The highest BCUT2D eigenvalue weighted by Gasteiger charge is 2.33. The van der Waals surface area contributed by atoms with E-state index < -0.39 is 33.5 Å². The molecule has 0 bridgehead atoms. The summed E-state index contributed by atoms with van der Waals surface area (Å²) in [5.74, 6) is 0.611. The number of sulfonamides is 1. The van der Waals surface area contributed by atoms with Crippen molar-refractivity contribution in [1.82, 2.24) is 14.3 Å². The first-order chi connectivity index (χ1) is 17.1. The van der Waals surface area contributed by atoms with Gasteiger partial charge in [-0.25, -0.2) is 22.3 Å². The van der Waals surface area contributed by atoms with Crippen LogP contribution in [0.5, 0.6) is 5.75 Å². The number of H-pyrrole nitrogens is 1. The Morgan fingerprint density at radius 3 is 2.54 bits per heavy atom. The molecule has 0 spiro atoms. The van der Waals surface area contributed by atoms with Gasteiger partial charge in [0.25, 0.3) is 5.56 Å². The van der Waals surface area contributed by atoms with Crippen LogP contribution in [0.4, 0.5) is 4.39 Å². The molecule has 0 fully saturated rings. The molecule has 1 aliphatic rings. The maximum atomic E-state index is 15.8. The third-order valence-electron chi connectivity index (χ3n) is 6.29. The molecule has 1 heterocycles. The first-order valence-corrected chi connectivity index (χ1v) is 13.8. The van der Waals surface area contributed by atoms with E-state index in [9.17, 15) is 18.0 Å². The molecule has 0 aliphatic heterocycles. The van der Waals surface area contributed by atoms with Crippen LogP contribution >= 0.6 is 0 Å². The van der Waals surface area contributed by atoms with Crippen LogP contribution in [-0.2, 0) is 15.4 Å². The number of aromatic nitrogens is 2. The van der Waals surface area contributed by atoms with Gasteiger partial charge in [-0.3, -0.25) is 14.3 Å². The molecule has 0 saturated heterocycles. The maximum Gasteiger partial charge on any atom is 0.332 e. The van der Waals surface area contributed by atoms with Crippen LogP contribution in [0, 0.1) is 0 Å². The molecule has 0 radical (unpaired) electrons. The summed E-state index contributed by atoms with van der Waals surface area (Å²) < 4.78 is 48.4. The number of methoxy groups -OCH3 is 1. The third kappa shape index (κ3) is 6.75. The van der Waals surface area contributed by atoms with E-state index in [-0.39, 0.29) is 17.4 Å². The van der Waals surface area contributed by atoms with Crippen molar-refractivity contribution in [3.63, 3.8) is 0 Å². The van der Waals surface area contributed by atoms with Gasteiger partial charge in [0.05, 0.1) is 19.1 Å². The monoisotopic (exact) mass is 531 g/mol. The first kappa shape index (κ1) is 28.3. The largest absolute Gasteiger partial charge is 0.496 e. The summed E-state index contributed by atoms with van der Waals surface area (Å²) in [6, 6.07) is 4.92. The highest BCUT2D eigenvalue weighted by atomic mass is 32.2. The Balaban J connectivity index is 2.17. The number of aromatic amines is 1. The van der Waals surface area contributed by atoms with Gasteiger partial charge < -0.3 is 4.74 Å². The molecule has 0 amide bonds. The molecule has 2 aromatic rings. The number of halogens is 1. The number of nitrogens with zero attached hydrogens (tertiary/aromatic N) is 1. The van der Waals surface area contributed by atoms with E-state index in [2.05, 4.69) is 16.3 Å². The lowest BCUT2D eigenvalue weighted by molar-refractivity contribution is 0.202. The zero-order valence-electron chi connectivity index (χ0n) is 21.9. The minimum atomic E-state index is -3.57. The highest BCUT2D eigenvalue weighted by molar-refractivity contribution is 7.88. The lowest BCUT2D eigenvalue weighted by Gasteiger charge is -2.26. The second kappa shape index (κ2) is 10.6.